The van der Waals surface area contributed by atoms with Crippen molar-refractivity contribution >= 4 is 0 Å². The van der Waals surface area contributed by atoms with Crippen LogP contribution in [0.15, 0.2) is 0 Å². The maximum Gasteiger partial charge on any atom is 0.459 e. The van der Waals surface area contributed by atoms with Crippen molar-refractivity contribution in [1.82, 2.24) is 0 Å². The average Bonchev–Trinajstić information content (AvgIpc) is 1.84. The van der Waals surface area contributed by atoms with Gasteiger partial charge in [-0.2, -0.15) is 30.7 Å². The molecule has 0 amide bonds. The second-order valence-corrected chi connectivity index (χ2v) is 2.31. The summed E-state index contributed by atoms with van der Waals surface area (Å²) >= 11 is 0. The number of alkyl halides is 7. The summed E-state index contributed by atoms with van der Waals surface area (Å²) in [5, 5.41) is 0. The van der Waals surface area contributed by atoms with E-state index in [1.807, 2.05) is 0 Å². The van der Waals surface area contributed by atoms with E-state index in [0.717, 1.165) is 6.92 Å². The lowest BCUT2D eigenvalue weighted by Gasteiger charge is -2.27. The van der Waals surface area contributed by atoms with Gasteiger partial charge in [-0.15, -0.1) is 0 Å². The molecule has 0 N–H and O–H groups in total. The molecule has 0 saturated heterocycles. The summed E-state index contributed by atoms with van der Waals surface area (Å²) in [5.74, 6) is -11.2. The SMILES string of the molecule is CC[CH]C(F)(F)C(F)(F)C(F)(F)F. The summed E-state index contributed by atoms with van der Waals surface area (Å²) < 4.78 is 82.5. The lowest BCUT2D eigenvalue weighted by Crippen LogP contribution is -2.52. The third-order valence-corrected chi connectivity index (χ3v) is 1.24. The highest BCUT2D eigenvalue weighted by Gasteiger charge is 2.72. The number of halogens is 7. The van der Waals surface area contributed by atoms with E-state index in [1.165, 1.54) is 0 Å². The summed E-state index contributed by atoms with van der Waals surface area (Å²) in [4.78, 5) is 0. The van der Waals surface area contributed by atoms with E-state index in [0.29, 0.717) is 0 Å². The minimum Gasteiger partial charge on any atom is -0.199 e. The molecule has 0 aliphatic carbocycles. The van der Waals surface area contributed by atoms with Crippen molar-refractivity contribution in [3.63, 3.8) is 0 Å². The van der Waals surface area contributed by atoms with E-state index >= 15 is 0 Å². The Morgan fingerprint density at radius 2 is 1.31 bits per heavy atom. The summed E-state index contributed by atoms with van der Waals surface area (Å²) in [6.45, 7) is 1.04. The number of hydrogen-bond donors (Lipinski definition) is 0. The van der Waals surface area contributed by atoms with Crippen LogP contribution < -0.4 is 0 Å². The first-order valence-electron chi connectivity index (χ1n) is 3.23. The lowest BCUT2D eigenvalue weighted by atomic mass is 10.1. The van der Waals surface area contributed by atoms with E-state index in [4.69, 9.17) is 0 Å². The largest absolute Gasteiger partial charge is 0.459 e. The van der Waals surface area contributed by atoms with E-state index < -0.39 is 24.4 Å². The standard InChI is InChI=1S/C6H6F7/c1-2-3-4(7,8)5(9,10)6(11,12)13/h3H,2H2,1H3. The molecule has 0 aromatic carbocycles. The van der Waals surface area contributed by atoms with Gasteiger partial charge in [-0.05, 0) is 6.42 Å². The third-order valence-electron chi connectivity index (χ3n) is 1.24. The van der Waals surface area contributed by atoms with Crippen molar-refractivity contribution in [3.05, 3.63) is 6.42 Å². The molecule has 0 aliphatic heterocycles. The number of hydrogen-bond acceptors (Lipinski definition) is 0. The van der Waals surface area contributed by atoms with Crippen molar-refractivity contribution in [2.45, 2.75) is 31.4 Å². The van der Waals surface area contributed by atoms with Crippen LogP contribution in [-0.2, 0) is 0 Å². The van der Waals surface area contributed by atoms with E-state index in [1.54, 1.807) is 0 Å². The van der Waals surface area contributed by atoms with Gasteiger partial charge in [-0.25, -0.2) is 0 Å². The zero-order valence-corrected chi connectivity index (χ0v) is 6.43. The first-order chi connectivity index (χ1) is 5.56. The molecular formula is C6H6F7. The maximum atomic E-state index is 12.2. The molecule has 7 heteroatoms. The fraction of sp³-hybridized carbons (Fsp3) is 0.833. The van der Waals surface area contributed by atoms with Gasteiger partial charge in [0, 0.05) is 6.42 Å². The Bertz CT molecular complexity index is 168. The zero-order valence-electron chi connectivity index (χ0n) is 6.43. The average molecular weight is 211 g/mol. The zero-order chi connectivity index (χ0) is 10.9. The highest BCUT2D eigenvalue weighted by Crippen LogP contribution is 2.47. The molecule has 0 spiro atoms. The van der Waals surface area contributed by atoms with E-state index in [-0.39, 0.29) is 6.42 Å². The van der Waals surface area contributed by atoms with Crippen LogP contribution in [0.4, 0.5) is 30.7 Å². The van der Waals surface area contributed by atoms with Gasteiger partial charge in [0.15, 0.2) is 0 Å². The summed E-state index contributed by atoms with van der Waals surface area (Å²) in [6.07, 6.45) is -7.17. The molecule has 0 aromatic heterocycles. The van der Waals surface area contributed by atoms with Crippen LogP contribution in [0.5, 0.6) is 0 Å². The van der Waals surface area contributed by atoms with Crippen LogP contribution in [0, 0.1) is 6.42 Å². The monoisotopic (exact) mass is 211 g/mol. The molecule has 0 unspecified atom stereocenters. The minimum atomic E-state index is -6.23. The van der Waals surface area contributed by atoms with Gasteiger partial charge >= 0.3 is 18.0 Å². The van der Waals surface area contributed by atoms with Crippen molar-refractivity contribution in [2.24, 2.45) is 0 Å². The highest BCUT2D eigenvalue weighted by molar-refractivity contribution is 4.99. The molecule has 0 rings (SSSR count). The van der Waals surface area contributed by atoms with Gasteiger partial charge in [-0.1, -0.05) is 6.92 Å². The quantitative estimate of drug-likeness (QED) is 0.627. The fourth-order valence-electron chi connectivity index (χ4n) is 0.574. The Morgan fingerprint density at radius 3 is 1.54 bits per heavy atom. The third kappa shape index (κ3) is 2.25. The predicted octanol–water partition coefficient (Wildman–Crippen LogP) is 3.43. The Hall–Kier alpha value is -0.490. The predicted molar refractivity (Wildman–Crippen MR) is 30.5 cm³/mol. The molecule has 0 fully saturated rings. The summed E-state index contributed by atoms with van der Waals surface area (Å²) in [6, 6.07) is 0. The molecule has 0 aromatic rings. The van der Waals surface area contributed by atoms with Crippen molar-refractivity contribution in [2.75, 3.05) is 0 Å². The molecule has 1 radical (unpaired) electrons. The topological polar surface area (TPSA) is 0 Å². The summed E-state index contributed by atoms with van der Waals surface area (Å²) in [5.41, 5.74) is 0. The fourth-order valence-corrected chi connectivity index (χ4v) is 0.574. The molecule has 0 heterocycles. The van der Waals surface area contributed by atoms with Crippen molar-refractivity contribution in [1.29, 1.82) is 0 Å². The van der Waals surface area contributed by atoms with Crippen molar-refractivity contribution in [3.8, 4) is 0 Å². The second-order valence-electron chi connectivity index (χ2n) is 2.31. The Labute approximate surface area is 69.7 Å². The number of rotatable bonds is 3. The van der Waals surface area contributed by atoms with E-state index in [2.05, 4.69) is 0 Å². The van der Waals surface area contributed by atoms with Gasteiger partial charge in [-0.3, -0.25) is 0 Å². The lowest BCUT2D eigenvalue weighted by molar-refractivity contribution is -0.346. The second kappa shape index (κ2) is 3.34. The smallest absolute Gasteiger partial charge is 0.199 e. The van der Waals surface area contributed by atoms with Gasteiger partial charge in [0.05, 0.1) is 0 Å². The molecule has 0 saturated carbocycles. The Balaban J connectivity index is 4.81. The molecule has 0 aliphatic rings. The van der Waals surface area contributed by atoms with Crippen LogP contribution in [0.25, 0.3) is 0 Å². The van der Waals surface area contributed by atoms with Crippen LogP contribution in [-0.4, -0.2) is 18.0 Å². The molecule has 0 bridgehead atoms. The Kier molecular flexibility index (Phi) is 3.21. The normalized spacial score (nSPS) is 14.8. The summed E-state index contributed by atoms with van der Waals surface area (Å²) in [7, 11) is 0. The van der Waals surface area contributed by atoms with Crippen LogP contribution in [0.3, 0.4) is 0 Å². The van der Waals surface area contributed by atoms with Crippen LogP contribution in [0.2, 0.25) is 0 Å². The first-order valence-corrected chi connectivity index (χ1v) is 3.23. The van der Waals surface area contributed by atoms with Gasteiger partial charge in [0.2, 0.25) is 0 Å². The van der Waals surface area contributed by atoms with Gasteiger partial charge < -0.3 is 0 Å². The minimum absolute atomic E-state index is 0.361. The van der Waals surface area contributed by atoms with Gasteiger partial charge in [0.1, 0.15) is 0 Å². The highest BCUT2D eigenvalue weighted by atomic mass is 19.4. The van der Waals surface area contributed by atoms with Gasteiger partial charge in [0.25, 0.3) is 0 Å². The van der Waals surface area contributed by atoms with Crippen LogP contribution >= 0.6 is 0 Å². The molecule has 13 heavy (non-hydrogen) atoms. The molecule has 79 valence electrons. The first kappa shape index (κ1) is 12.5. The van der Waals surface area contributed by atoms with Crippen LogP contribution in [0.1, 0.15) is 13.3 Å². The Morgan fingerprint density at radius 1 is 0.923 bits per heavy atom. The molecular weight excluding hydrogens is 205 g/mol. The maximum absolute atomic E-state index is 12.2. The molecule has 0 nitrogen and oxygen atoms in total. The van der Waals surface area contributed by atoms with Crippen molar-refractivity contribution < 1.29 is 30.7 Å². The van der Waals surface area contributed by atoms with E-state index in [9.17, 15) is 30.7 Å². The molecule has 0 atom stereocenters.